The molecule has 0 unspecified atom stereocenters. The van der Waals surface area contributed by atoms with Crippen molar-refractivity contribution in [1.82, 2.24) is 4.90 Å². The number of carbonyl (C=O) groups excluding carboxylic acids is 2. The monoisotopic (exact) mass is 463 g/mol. The quantitative estimate of drug-likeness (QED) is 0.394. The fourth-order valence-corrected chi connectivity index (χ4v) is 3.80. The normalized spacial score (nSPS) is 15.5. The van der Waals surface area contributed by atoms with Crippen molar-refractivity contribution in [1.29, 1.82) is 0 Å². The van der Waals surface area contributed by atoms with E-state index >= 15 is 0 Å². The van der Waals surface area contributed by atoms with Gasteiger partial charge >= 0.3 is 0 Å². The summed E-state index contributed by atoms with van der Waals surface area (Å²) < 4.78 is 6.48. The van der Waals surface area contributed by atoms with Crippen LogP contribution < -0.4 is 4.74 Å². The Morgan fingerprint density at radius 3 is 2.63 bits per heavy atom. The van der Waals surface area contributed by atoms with Crippen molar-refractivity contribution in [2.75, 3.05) is 6.61 Å². The molecule has 0 bridgehead atoms. The lowest BCUT2D eigenvalue weighted by Crippen LogP contribution is -2.27. The molecule has 1 aliphatic heterocycles. The number of ether oxygens (including phenoxy) is 1. The lowest BCUT2D eigenvalue weighted by Gasteiger charge is -2.12. The Balaban J connectivity index is 1.85. The van der Waals surface area contributed by atoms with Crippen molar-refractivity contribution >= 4 is 56.5 Å². The summed E-state index contributed by atoms with van der Waals surface area (Å²) in [6.07, 6.45) is 3.32. The molecule has 0 radical (unpaired) electrons. The lowest BCUT2D eigenvalue weighted by molar-refractivity contribution is -0.123. The van der Waals surface area contributed by atoms with Gasteiger partial charge in [0.05, 0.1) is 11.4 Å². The highest BCUT2D eigenvalue weighted by Crippen LogP contribution is 2.35. The van der Waals surface area contributed by atoms with E-state index in [1.807, 2.05) is 12.1 Å². The fraction of sp³-hybridized carbons (Fsp3) is 0.100. The van der Waals surface area contributed by atoms with Gasteiger partial charge in [0.25, 0.3) is 11.1 Å². The number of halogens is 2. The zero-order chi connectivity index (χ0) is 19.4. The van der Waals surface area contributed by atoms with Crippen LogP contribution >= 0.6 is 39.3 Å². The van der Waals surface area contributed by atoms with Crippen LogP contribution in [0.3, 0.4) is 0 Å². The van der Waals surface area contributed by atoms with Gasteiger partial charge in [-0.25, -0.2) is 0 Å². The lowest BCUT2D eigenvalue weighted by atomic mass is 10.1. The minimum Gasteiger partial charge on any atom is -0.489 e. The number of hydrogen-bond acceptors (Lipinski definition) is 4. The van der Waals surface area contributed by atoms with E-state index in [1.54, 1.807) is 42.5 Å². The molecule has 0 atom stereocenters. The Morgan fingerprint density at radius 1 is 1.19 bits per heavy atom. The Morgan fingerprint density at radius 2 is 1.93 bits per heavy atom. The minimum absolute atomic E-state index is 0.206. The molecule has 2 amide bonds. The molecule has 0 aliphatic carbocycles. The van der Waals surface area contributed by atoms with Gasteiger partial charge in [0, 0.05) is 15.1 Å². The molecule has 1 aliphatic rings. The van der Waals surface area contributed by atoms with E-state index in [0.717, 1.165) is 21.8 Å². The number of amides is 2. The van der Waals surface area contributed by atoms with E-state index in [9.17, 15) is 9.59 Å². The number of rotatable bonds is 6. The predicted molar refractivity (Wildman–Crippen MR) is 113 cm³/mol. The molecule has 4 nitrogen and oxygen atoms in total. The van der Waals surface area contributed by atoms with Crippen molar-refractivity contribution in [3.63, 3.8) is 0 Å². The van der Waals surface area contributed by atoms with Crippen LogP contribution in [0.15, 0.2) is 64.5 Å². The first kappa shape index (κ1) is 19.7. The van der Waals surface area contributed by atoms with E-state index in [1.165, 1.54) is 4.90 Å². The maximum absolute atomic E-state index is 12.7. The van der Waals surface area contributed by atoms with Gasteiger partial charge in [0.1, 0.15) is 12.4 Å². The third-order valence-corrected chi connectivity index (χ3v) is 5.40. The molecule has 2 aromatic rings. The highest BCUT2D eigenvalue weighted by atomic mass is 79.9. The van der Waals surface area contributed by atoms with Crippen molar-refractivity contribution in [2.24, 2.45) is 0 Å². The summed E-state index contributed by atoms with van der Waals surface area (Å²) in [5.41, 5.74) is 1.55. The Bertz CT molecular complexity index is 927. The average Bonchev–Trinajstić information content (AvgIpc) is 2.90. The van der Waals surface area contributed by atoms with Crippen LogP contribution in [0, 0.1) is 0 Å². The fourth-order valence-electron chi connectivity index (χ4n) is 2.46. The molecule has 0 saturated carbocycles. The zero-order valence-corrected chi connectivity index (χ0v) is 17.3. The number of imide groups is 1. The second kappa shape index (κ2) is 8.78. The molecule has 138 valence electrons. The average molecular weight is 465 g/mol. The maximum Gasteiger partial charge on any atom is 0.293 e. The van der Waals surface area contributed by atoms with Crippen molar-refractivity contribution in [3.8, 4) is 5.75 Å². The summed E-state index contributed by atoms with van der Waals surface area (Å²) in [5, 5.41) is 0.305. The highest BCUT2D eigenvalue weighted by molar-refractivity contribution is 9.10. The Kier molecular flexibility index (Phi) is 6.42. The molecule has 2 aromatic carbocycles. The third-order valence-electron chi connectivity index (χ3n) is 3.74. The molecule has 0 spiro atoms. The van der Waals surface area contributed by atoms with Crippen LogP contribution in [-0.2, 0) is 11.3 Å². The Hall–Kier alpha value is -2.02. The molecule has 27 heavy (non-hydrogen) atoms. The number of carbonyl (C=O) groups is 2. The van der Waals surface area contributed by atoms with Crippen molar-refractivity contribution < 1.29 is 14.3 Å². The first-order valence-electron chi connectivity index (χ1n) is 8.01. The van der Waals surface area contributed by atoms with Gasteiger partial charge in [-0.05, 0) is 53.7 Å². The van der Waals surface area contributed by atoms with Crippen LogP contribution in [-0.4, -0.2) is 22.7 Å². The summed E-state index contributed by atoms with van der Waals surface area (Å²) in [6.45, 7) is 4.19. The second-order valence-corrected chi connectivity index (χ2v) is 8.02. The smallest absolute Gasteiger partial charge is 0.293 e. The SMILES string of the molecule is C=CCOc1ccc(Br)cc1/C=C1\SC(=O)N(Cc2ccc(Cl)cc2)C1=O. The first-order chi connectivity index (χ1) is 13.0. The van der Waals surface area contributed by atoms with Gasteiger partial charge in [-0.1, -0.05) is 52.3 Å². The van der Waals surface area contributed by atoms with Gasteiger partial charge < -0.3 is 4.74 Å². The largest absolute Gasteiger partial charge is 0.489 e. The van der Waals surface area contributed by atoms with Crippen molar-refractivity contribution in [2.45, 2.75) is 6.54 Å². The van der Waals surface area contributed by atoms with E-state index in [-0.39, 0.29) is 17.7 Å². The summed E-state index contributed by atoms with van der Waals surface area (Å²) in [4.78, 5) is 26.6. The van der Waals surface area contributed by atoms with Gasteiger partial charge in [0.2, 0.25) is 0 Å². The molecular weight excluding hydrogens is 450 g/mol. The molecule has 0 aromatic heterocycles. The van der Waals surface area contributed by atoms with E-state index in [4.69, 9.17) is 16.3 Å². The number of nitrogens with zero attached hydrogens (tertiary/aromatic N) is 1. The molecule has 0 N–H and O–H groups in total. The zero-order valence-electron chi connectivity index (χ0n) is 14.2. The Labute approximate surface area is 175 Å². The maximum atomic E-state index is 12.7. The topological polar surface area (TPSA) is 46.6 Å². The highest BCUT2D eigenvalue weighted by Gasteiger charge is 2.35. The molecule has 7 heteroatoms. The van der Waals surface area contributed by atoms with Crippen LogP contribution in [0.4, 0.5) is 4.79 Å². The van der Waals surface area contributed by atoms with Crippen LogP contribution in [0.25, 0.3) is 6.08 Å². The van der Waals surface area contributed by atoms with E-state index in [2.05, 4.69) is 22.5 Å². The van der Waals surface area contributed by atoms with E-state index < -0.39 is 0 Å². The van der Waals surface area contributed by atoms with Gasteiger partial charge in [-0.3, -0.25) is 14.5 Å². The summed E-state index contributed by atoms with van der Waals surface area (Å²) >= 11 is 10.2. The molecule has 1 saturated heterocycles. The summed E-state index contributed by atoms with van der Waals surface area (Å²) in [5.74, 6) is 0.289. The number of hydrogen-bond donors (Lipinski definition) is 0. The minimum atomic E-state index is -0.324. The van der Waals surface area contributed by atoms with Crippen LogP contribution in [0.5, 0.6) is 5.75 Å². The second-order valence-electron chi connectivity index (χ2n) is 5.68. The summed E-state index contributed by atoms with van der Waals surface area (Å²) in [7, 11) is 0. The molecule has 1 fully saturated rings. The number of thioether (sulfide) groups is 1. The molecule has 3 rings (SSSR count). The van der Waals surface area contributed by atoms with Gasteiger partial charge in [0.15, 0.2) is 0 Å². The van der Waals surface area contributed by atoms with Crippen molar-refractivity contribution in [3.05, 3.63) is 80.6 Å². The molecular formula is C20H15BrClNO3S. The van der Waals surface area contributed by atoms with Gasteiger partial charge in [-0.15, -0.1) is 0 Å². The number of benzene rings is 2. The summed E-state index contributed by atoms with van der Waals surface area (Å²) in [6, 6.07) is 12.5. The first-order valence-corrected chi connectivity index (χ1v) is 9.99. The van der Waals surface area contributed by atoms with Gasteiger partial charge in [-0.2, -0.15) is 0 Å². The third kappa shape index (κ3) is 4.83. The van der Waals surface area contributed by atoms with Crippen LogP contribution in [0.2, 0.25) is 5.02 Å². The molecule has 1 heterocycles. The standard InChI is InChI=1S/C20H15BrClNO3S/c1-2-9-26-17-8-5-15(21)10-14(17)11-18-19(24)23(20(25)27-18)12-13-3-6-16(22)7-4-13/h2-8,10-11H,1,9,12H2/b18-11-. The van der Waals surface area contributed by atoms with Crippen LogP contribution in [0.1, 0.15) is 11.1 Å². The predicted octanol–water partition coefficient (Wildman–Crippen LogP) is 5.90. The van der Waals surface area contributed by atoms with E-state index in [0.29, 0.717) is 27.8 Å².